The van der Waals surface area contributed by atoms with Gasteiger partial charge in [0.05, 0.1) is 6.54 Å². The highest BCUT2D eigenvalue weighted by Crippen LogP contribution is 2.25. The fourth-order valence-electron chi connectivity index (χ4n) is 3.87. The van der Waals surface area contributed by atoms with Crippen LogP contribution in [0, 0.1) is 5.82 Å². The predicted molar refractivity (Wildman–Crippen MR) is 102 cm³/mol. The Labute approximate surface area is 153 Å². The van der Waals surface area contributed by atoms with E-state index >= 15 is 0 Å². The lowest BCUT2D eigenvalue weighted by Crippen LogP contribution is -2.48. The zero-order chi connectivity index (χ0) is 17.9. The number of rotatable bonds is 4. The number of anilines is 2. The number of amides is 1. The molecule has 26 heavy (non-hydrogen) atoms. The first-order chi connectivity index (χ1) is 12.7. The lowest BCUT2D eigenvalue weighted by molar-refractivity contribution is -0.117. The molecule has 5 heteroatoms. The molecule has 2 aromatic rings. The Balaban J connectivity index is 1.27. The van der Waals surface area contributed by atoms with Crippen molar-refractivity contribution in [2.45, 2.75) is 19.3 Å². The zero-order valence-corrected chi connectivity index (χ0v) is 14.9. The summed E-state index contributed by atoms with van der Waals surface area (Å²) in [5, 5.41) is 3.03. The Morgan fingerprint density at radius 3 is 2.46 bits per heavy atom. The minimum absolute atomic E-state index is 0.0400. The smallest absolute Gasteiger partial charge is 0.238 e. The largest absolute Gasteiger partial charge is 0.369 e. The van der Waals surface area contributed by atoms with Gasteiger partial charge in [0.1, 0.15) is 5.82 Å². The van der Waals surface area contributed by atoms with Crippen molar-refractivity contribution in [1.82, 2.24) is 4.90 Å². The molecule has 0 atom stereocenters. The number of benzene rings is 2. The van der Waals surface area contributed by atoms with Crippen molar-refractivity contribution in [2.24, 2.45) is 0 Å². The minimum Gasteiger partial charge on any atom is -0.369 e. The molecule has 1 N–H and O–H groups in total. The van der Waals surface area contributed by atoms with Crippen molar-refractivity contribution in [3.05, 3.63) is 59.4 Å². The number of nitrogens with one attached hydrogen (secondary N) is 1. The molecule has 0 bridgehead atoms. The summed E-state index contributed by atoms with van der Waals surface area (Å²) in [6, 6.07) is 12.9. The van der Waals surface area contributed by atoms with Crippen molar-refractivity contribution in [2.75, 3.05) is 42.9 Å². The van der Waals surface area contributed by atoms with E-state index in [4.69, 9.17) is 0 Å². The molecular weight excluding hydrogens is 329 g/mol. The number of fused-ring (bicyclic) bond motifs is 1. The highest BCUT2D eigenvalue weighted by Gasteiger charge is 2.19. The van der Waals surface area contributed by atoms with Gasteiger partial charge >= 0.3 is 0 Å². The number of aryl methyl sites for hydroxylation is 2. The molecule has 4 nitrogen and oxygen atoms in total. The first-order valence-corrected chi connectivity index (χ1v) is 9.32. The average Bonchev–Trinajstić information content (AvgIpc) is 3.11. The van der Waals surface area contributed by atoms with E-state index in [0.717, 1.165) is 50.4 Å². The monoisotopic (exact) mass is 353 g/mol. The highest BCUT2D eigenvalue weighted by molar-refractivity contribution is 5.92. The lowest BCUT2D eigenvalue weighted by atomic mass is 10.1. The number of carbonyl (C=O) groups excluding carboxylic acids is 1. The van der Waals surface area contributed by atoms with Crippen LogP contribution in [0.1, 0.15) is 17.5 Å². The van der Waals surface area contributed by atoms with Gasteiger partial charge in [0.15, 0.2) is 0 Å². The van der Waals surface area contributed by atoms with Crippen LogP contribution in [0.5, 0.6) is 0 Å². The van der Waals surface area contributed by atoms with Gasteiger partial charge in [-0.3, -0.25) is 9.69 Å². The Kier molecular flexibility index (Phi) is 4.89. The number of carbonyl (C=O) groups is 1. The topological polar surface area (TPSA) is 35.6 Å². The van der Waals surface area contributed by atoms with E-state index in [1.165, 1.54) is 29.7 Å². The maximum Gasteiger partial charge on any atom is 0.238 e. The van der Waals surface area contributed by atoms with Crippen molar-refractivity contribution in [3.8, 4) is 0 Å². The Morgan fingerprint density at radius 1 is 0.962 bits per heavy atom. The summed E-state index contributed by atoms with van der Waals surface area (Å²) >= 11 is 0. The van der Waals surface area contributed by atoms with Crippen LogP contribution in [0.25, 0.3) is 0 Å². The summed E-state index contributed by atoms with van der Waals surface area (Å²) in [5.41, 5.74) is 4.73. The van der Waals surface area contributed by atoms with Gasteiger partial charge in [0.2, 0.25) is 5.91 Å². The fourth-order valence-corrected chi connectivity index (χ4v) is 3.87. The molecule has 1 amide bonds. The summed E-state index contributed by atoms with van der Waals surface area (Å²) < 4.78 is 13.0. The van der Waals surface area contributed by atoms with E-state index in [-0.39, 0.29) is 11.7 Å². The van der Waals surface area contributed by atoms with E-state index in [0.29, 0.717) is 6.54 Å². The van der Waals surface area contributed by atoms with Crippen LogP contribution in [0.3, 0.4) is 0 Å². The van der Waals surface area contributed by atoms with Gasteiger partial charge in [-0.05, 0) is 66.8 Å². The molecule has 2 aromatic carbocycles. The van der Waals surface area contributed by atoms with Gasteiger partial charge in [-0.15, -0.1) is 0 Å². The summed E-state index contributed by atoms with van der Waals surface area (Å²) in [4.78, 5) is 16.8. The molecule has 4 rings (SSSR count). The van der Waals surface area contributed by atoms with Gasteiger partial charge < -0.3 is 10.2 Å². The van der Waals surface area contributed by atoms with Gasteiger partial charge in [0.25, 0.3) is 0 Å². The van der Waals surface area contributed by atoms with Gasteiger partial charge in [-0.1, -0.05) is 6.07 Å². The third-order valence-corrected chi connectivity index (χ3v) is 5.31. The molecule has 1 aliphatic carbocycles. The summed E-state index contributed by atoms with van der Waals surface area (Å²) in [6.07, 6.45) is 3.48. The number of piperazine rings is 1. The summed E-state index contributed by atoms with van der Waals surface area (Å²) in [6.45, 7) is 3.76. The van der Waals surface area contributed by atoms with Gasteiger partial charge in [-0.25, -0.2) is 4.39 Å². The van der Waals surface area contributed by atoms with E-state index < -0.39 is 0 Å². The van der Waals surface area contributed by atoms with E-state index in [1.807, 2.05) is 18.2 Å². The van der Waals surface area contributed by atoms with Crippen LogP contribution in [0.15, 0.2) is 42.5 Å². The second kappa shape index (κ2) is 7.46. The van der Waals surface area contributed by atoms with Crippen LogP contribution in [0.2, 0.25) is 0 Å². The van der Waals surface area contributed by atoms with Crippen LogP contribution in [0.4, 0.5) is 15.8 Å². The number of hydrogen-bond acceptors (Lipinski definition) is 3. The van der Waals surface area contributed by atoms with Crippen molar-refractivity contribution in [3.63, 3.8) is 0 Å². The molecule has 1 saturated heterocycles. The quantitative estimate of drug-likeness (QED) is 0.918. The highest BCUT2D eigenvalue weighted by atomic mass is 19.1. The van der Waals surface area contributed by atoms with Crippen LogP contribution >= 0.6 is 0 Å². The first kappa shape index (κ1) is 17.0. The Morgan fingerprint density at radius 2 is 1.69 bits per heavy atom. The summed E-state index contributed by atoms with van der Waals surface area (Å²) in [5.74, 6) is -0.172. The van der Waals surface area contributed by atoms with Gasteiger partial charge in [-0.2, -0.15) is 0 Å². The van der Waals surface area contributed by atoms with E-state index in [1.54, 1.807) is 0 Å². The number of nitrogens with zero attached hydrogens (tertiary/aromatic N) is 2. The normalized spacial score (nSPS) is 17.2. The average molecular weight is 353 g/mol. The number of hydrogen-bond donors (Lipinski definition) is 1. The van der Waals surface area contributed by atoms with Crippen molar-refractivity contribution < 1.29 is 9.18 Å². The van der Waals surface area contributed by atoms with Crippen LogP contribution < -0.4 is 10.2 Å². The summed E-state index contributed by atoms with van der Waals surface area (Å²) in [7, 11) is 0. The molecule has 1 aliphatic heterocycles. The van der Waals surface area contributed by atoms with Crippen LogP contribution in [-0.2, 0) is 17.6 Å². The zero-order valence-electron chi connectivity index (χ0n) is 14.9. The second-order valence-corrected chi connectivity index (χ2v) is 7.12. The standard InChI is InChI=1S/C21H24FN3O/c22-18-5-8-20(9-6-18)25-12-10-24(11-13-25)15-21(26)23-19-7-4-16-2-1-3-17(16)14-19/h4-9,14H,1-3,10-13,15H2,(H,23,26). The van der Waals surface area contributed by atoms with Gasteiger partial charge in [0, 0.05) is 37.6 Å². The minimum atomic E-state index is -0.212. The molecule has 2 aliphatic rings. The molecule has 1 heterocycles. The maximum absolute atomic E-state index is 13.0. The molecule has 0 aromatic heterocycles. The lowest BCUT2D eigenvalue weighted by Gasteiger charge is -2.35. The Bertz CT molecular complexity index is 782. The maximum atomic E-state index is 13.0. The fraction of sp³-hybridized carbons (Fsp3) is 0.381. The molecule has 1 fully saturated rings. The molecule has 0 saturated carbocycles. The third kappa shape index (κ3) is 3.88. The number of halogens is 1. The SMILES string of the molecule is O=C(CN1CCN(c2ccc(F)cc2)CC1)Nc1ccc2c(c1)CCC2. The second-order valence-electron chi connectivity index (χ2n) is 7.12. The molecule has 0 unspecified atom stereocenters. The van der Waals surface area contributed by atoms with Crippen LogP contribution in [-0.4, -0.2) is 43.5 Å². The predicted octanol–water partition coefficient (Wildman–Crippen LogP) is 3.08. The van der Waals surface area contributed by atoms with E-state index in [9.17, 15) is 9.18 Å². The molecule has 0 spiro atoms. The molecule has 0 radical (unpaired) electrons. The van der Waals surface area contributed by atoms with Crippen molar-refractivity contribution >= 4 is 17.3 Å². The van der Waals surface area contributed by atoms with Crippen molar-refractivity contribution in [1.29, 1.82) is 0 Å². The molecule has 136 valence electrons. The molecular formula is C21H24FN3O. The Hall–Kier alpha value is -2.40. The first-order valence-electron chi connectivity index (χ1n) is 9.32. The van der Waals surface area contributed by atoms with E-state index in [2.05, 4.69) is 27.2 Å². The third-order valence-electron chi connectivity index (χ3n) is 5.31.